The molecule has 3 aromatic heterocycles. The average molecular weight is 364 g/mol. The first kappa shape index (κ1) is 15.6. The van der Waals surface area contributed by atoms with Gasteiger partial charge < -0.3 is 0 Å². The van der Waals surface area contributed by atoms with Gasteiger partial charge >= 0.3 is 0 Å². The second kappa shape index (κ2) is 5.87. The van der Waals surface area contributed by atoms with Gasteiger partial charge in [-0.3, -0.25) is 4.98 Å². The first-order valence-electron chi connectivity index (χ1n) is 7.61. The molecule has 0 N–H and O–H groups in total. The van der Waals surface area contributed by atoms with Gasteiger partial charge in [-0.2, -0.15) is 9.61 Å². The smallest absolute Gasteiger partial charge is 0.235 e. The van der Waals surface area contributed by atoms with Crippen LogP contribution in [0.1, 0.15) is 24.6 Å². The van der Waals surface area contributed by atoms with Crippen LogP contribution in [0.25, 0.3) is 15.7 Å². The first-order chi connectivity index (χ1) is 11.5. The van der Waals surface area contributed by atoms with Crippen LogP contribution in [0, 0.1) is 0 Å². The van der Waals surface area contributed by atoms with Crippen molar-refractivity contribution in [1.29, 1.82) is 0 Å². The van der Waals surface area contributed by atoms with Crippen molar-refractivity contribution < 1.29 is 8.42 Å². The van der Waals surface area contributed by atoms with E-state index in [1.807, 2.05) is 18.2 Å². The van der Waals surface area contributed by atoms with Gasteiger partial charge in [0.2, 0.25) is 15.0 Å². The molecule has 4 heterocycles. The molecule has 1 saturated heterocycles. The first-order valence-corrected chi connectivity index (χ1v) is 10.3. The zero-order valence-corrected chi connectivity index (χ0v) is 14.7. The van der Waals surface area contributed by atoms with E-state index in [2.05, 4.69) is 20.3 Å². The summed E-state index contributed by atoms with van der Waals surface area (Å²) in [5.41, 5.74) is 0.811. The van der Waals surface area contributed by atoms with Crippen molar-refractivity contribution in [3.05, 3.63) is 30.2 Å². The minimum absolute atomic E-state index is 0.164. The predicted molar refractivity (Wildman–Crippen MR) is 90.3 cm³/mol. The second-order valence-corrected chi connectivity index (χ2v) is 8.75. The molecule has 0 atom stereocenters. The highest BCUT2D eigenvalue weighted by atomic mass is 32.2. The Morgan fingerprint density at radius 3 is 2.67 bits per heavy atom. The third-order valence-electron chi connectivity index (χ3n) is 4.19. The van der Waals surface area contributed by atoms with Crippen molar-refractivity contribution in [1.82, 2.24) is 29.1 Å². The standard InChI is InChI=1S/C14H16N6O2S2/c1-24(21,22)19-8-5-10(6-9-19)12-16-17-14-20(12)18-13(23-14)11-4-2-3-7-15-11/h2-4,7,10H,5-6,8-9H2,1H3. The largest absolute Gasteiger partial charge is 0.254 e. The topological polar surface area (TPSA) is 93.4 Å². The Morgan fingerprint density at radius 1 is 1.21 bits per heavy atom. The third-order valence-corrected chi connectivity index (χ3v) is 6.41. The summed E-state index contributed by atoms with van der Waals surface area (Å²) in [5.74, 6) is 0.966. The van der Waals surface area contributed by atoms with E-state index in [1.54, 1.807) is 10.7 Å². The number of nitrogens with zero attached hydrogens (tertiary/aromatic N) is 6. The van der Waals surface area contributed by atoms with E-state index in [-0.39, 0.29) is 5.92 Å². The highest BCUT2D eigenvalue weighted by Gasteiger charge is 2.29. The summed E-state index contributed by atoms with van der Waals surface area (Å²) < 4.78 is 26.5. The minimum atomic E-state index is -3.12. The van der Waals surface area contributed by atoms with Gasteiger partial charge in [-0.1, -0.05) is 17.4 Å². The molecule has 0 aromatic carbocycles. The van der Waals surface area contributed by atoms with E-state index in [9.17, 15) is 8.42 Å². The van der Waals surface area contributed by atoms with Gasteiger partial charge in [-0.05, 0) is 25.0 Å². The molecule has 0 amide bonds. The molecule has 1 aliphatic rings. The lowest BCUT2D eigenvalue weighted by atomic mass is 9.97. The fourth-order valence-electron chi connectivity index (χ4n) is 2.93. The Labute approximate surface area is 143 Å². The Bertz CT molecular complexity index is 958. The molecule has 0 radical (unpaired) electrons. The summed E-state index contributed by atoms with van der Waals surface area (Å²) in [5, 5.41) is 13.9. The van der Waals surface area contributed by atoms with Gasteiger partial charge in [0.25, 0.3) is 0 Å². The zero-order valence-electron chi connectivity index (χ0n) is 13.0. The van der Waals surface area contributed by atoms with Crippen LogP contribution in [0.15, 0.2) is 24.4 Å². The van der Waals surface area contributed by atoms with E-state index in [4.69, 9.17) is 0 Å². The number of rotatable bonds is 3. The fraction of sp³-hybridized carbons (Fsp3) is 0.429. The molecular weight excluding hydrogens is 348 g/mol. The molecule has 0 aliphatic carbocycles. The molecule has 24 heavy (non-hydrogen) atoms. The zero-order chi connectivity index (χ0) is 16.7. The quantitative estimate of drug-likeness (QED) is 0.697. The fourth-order valence-corrected chi connectivity index (χ4v) is 4.62. The van der Waals surface area contributed by atoms with Crippen molar-refractivity contribution >= 4 is 26.3 Å². The van der Waals surface area contributed by atoms with Crippen molar-refractivity contribution in [2.75, 3.05) is 19.3 Å². The minimum Gasteiger partial charge on any atom is -0.254 e. The van der Waals surface area contributed by atoms with Gasteiger partial charge in [0.05, 0.1) is 6.26 Å². The summed E-state index contributed by atoms with van der Waals surface area (Å²) in [6.07, 6.45) is 4.44. The number of fused-ring (bicyclic) bond motifs is 1. The van der Waals surface area contributed by atoms with Gasteiger partial charge in [0.15, 0.2) is 10.8 Å². The monoisotopic (exact) mass is 364 g/mol. The molecule has 0 saturated carbocycles. The molecular formula is C14H16N6O2S2. The van der Waals surface area contributed by atoms with Crippen LogP contribution in [-0.4, -0.2) is 56.9 Å². The van der Waals surface area contributed by atoms with Crippen molar-refractivity contribution in [2.24, 2.45) is 0 Å². The molecule has 3 aromatic rings. The molecule has 0 bridgehead atoms. The number of hydrogen-bond donors (Lipinski definition) is 0. The van der Waals surface area contributed by atoms with Gasteiger partial charge in [-0.15, -0.1) is 10.2 Å². The maximum Gasteiger partial charge on any atom is 0.235 e. The summed E-state index contributed by atoms with van der Waals surface area (Å²) in [7, 11) is -3.12. The summed E-state index contributed by atoms with van der Waals surface area (Å²) in [4.78, 5) is 5.05. The van der Waals surface area contributed by atoms with Crippen LogP contribution in [-0.2, 0) is 10.0 Å². The maximum atomic E-state index is 11.6. The molecule has 1 aliphatic heterocycles. The lowest BCUT2D eigenvalue weighted by molar-refractivity contribution is 0.313. The number of piperidine rings is 1. The molecule has 126 valence electrons. The van der Waals surface area contributed by atoms with Gasteiger partial charge in [-0.25, -0.2) is 12.7 Å². The van der Waals surface area contributed by atoms with E-state index < -0.39 is 10.0 Å². The van der Waals surface area contributed by atoms with E-state index >= 15 is 0 Å². The summed E-state index contributed by atoms with van der Waals surface area (Å²) >= 11 is 1.45. The van der Waals surface area contributed by atoms with E-state index in [0.717, 1.165) is 34.3 Å². The number of pyridine rings is 1. The molecule has 8 nitrogen and oxygen atoms in total. The van der Waals surface area contributed by atoms with Gasteiger partial charge in [0.1, 0.15) is 5.69 Å². The third kappa shape index (κ3) is 2.80. The van der Waals surface area contributed by atoms with Crippen LogP contribution in [0.4, 0.5) is 0 Å². The Balaban J connectivity index is 1.61. The summed E-state index contributed by atoms with van der Waals surface area (Å²) in [6.45, 7) is 1.02. The van der Waals surface area contributed by atoms with Crippen molar-refractivity contribution in [2.45, 2.75) is 18.8 Å². The lowest BCUT2D eigenvalue weighted by Crippen LogP contribution is -2.37. The molecule has 0 spiro atoms. The second-order valence-electron chi connectivity index (χ2n) is 5.81. The van der Waals surface area contributed by atoms with Crippen LogP contribution in [0.3, 0.4) is 0 Å². The van der Waals surface area contributed by atoms with E-state index in [1.165, 1.54) is 21.9 Å². The molecule has 10 heteroatoms. The van der Waals surface area contributed by atoms with Crippen molar-refractivity contribution in [3.63, 3.8) is 0 Å². The maximum absolute atomic E-state index is 11.6. The van der Waals surface area contributed by atoms with Crippen LogP contribution in [0.5, 0.6) is 0 Å². The van der Waals surface area contributed by atoms with E-state index in [0.29, 0.717) is 13.1 Å². The SMILES string of the molecule is CS(=O)(=O)N1CCC(c2nnc3sc(-c4ccccn4)nn23)CC1. The molecule has 1 fully saturated rings. The highest BCUT2D eigenvalue weighted by molar-refractivity contribution is 7.88. The summed E-state index contributed by atoms with van der Waals surface area (Å²) in [6, 6.07) is 5.70. The normalized spacial score (nSPS) is 17.5. The molecule has 0 unspecified atom stereocenters. The average Bonchev–Trinajstić information content (AvgIpc) is 3.15. The number of sulfonamides is 1. The number of hydrogen-bond acceptors (Lipinski definition) is 7. The Hall–Kier alpha value is -1.91. The number of aromatic nitrogens is 5. The van der Waals surface area contributed by atoms with Gasteiger partial charge in [0, 0.05) is 25.2 Å². The van der Waals surface area contributed by atoms with Crippen LogP contribution in [0.2, 0.25) is 0 Å². The Kier molecular flexibility index (Phi) is 3.82. The highest BCUT2D eigenvalue weighted by Crippen LogP contribution is 2.30. The molecule has 4 rings (SSSR count). The van der Waals surface area contributed by atoms with Crippen LogP contribution >= 0.6 is 11.3 Å². The predicted octanol–water partition coefficient (Wildman–Crippen LogP) is 1.39. The lowest BCUT2D eigenvalue weighted by Gasteiger charge is -2.28. The van der Waals surface area contributed by atoms with Crippen LogP contribution < -0.4 is 0 Å². The van der Waals surface area contributed by atoms with Crippen molar-refractivity contribution in [3.8, 4) is 10.7 Å². The Morgan fingerprint density at radius 2 is 2.00 bits per heavy atom.